The van der Waals surface area contributed by atoms with Gasteiger partial charge >= 0.3 is 0 Å². The number of hydrogen-bond donors (Lipinski definition) is 23. The van der Waals surface area contributed by atoms with E-state index in [1.807, 2.05) is 12.1 Å². The Bertz CT molecular complexity index is 3570. The number of hydrogen-bond acceptors (Lipinski definition) is 41. The molecule has 30 aliphatic rings. The molecule has 0 aromatic heterocycles. The van der Waals surface area contributed by atoms with Gasteiger partial charge in [0, 0.05) is 22.3 Å². The number of ether oxygens (including phenoxy) is 18. The Hall–Kier alpha value is -5.18. The molecule has 33 rings (SSSR count). The van der Waals surface area contributed by atoms with Crippen LogP contribution in [-0.2, 0) is 75.8 Å². The van der Waals surface area contributed by atoms with Crippen molar-refractivity contribution in [2.75, 3.05) is 60.0 Å². The van der Waals surface area contributed by atoms with Crippen LogP contribution in [0.2, 0.25) is 0 Å². The summed E-state index contributed by atoms with van der Waals surface area (Å²) in [6.45, 7) is -8.35. The minimum Gasteiger partial charge on any atom is -0.497 e. The van der Waals surface area contributed by atoms with Crippen molar-refractivity contribution in [1.29, 1.82) is 0 Å². The average Bonchev–Trinajstić information content (AvgIpc) is 0.773. The summed E-state index contributed by atoms with van der Waals surface area (Å²) in [4.78, 5) is 0. The van der Waals surface area contributed by atoms with Gasteiger partial charge in [-0.3, -0.25) is 0 Å². The Morgan fingerprint density at radius 3 is 0.670 bits per heavy atom. The molecule has 40 atom stereocenters. The summed E-state index contributed by atoms with van der Waals surface area (Å²) < 4.78 is 105. The highest BCUT2D eigenvalue weighted by Crippen LogP contribution is 2.40. The maximum atomic E-state index is 12.1. The van der Waals surface area contributed by atoms with Gasteiger partial charge in [0.25, 0.3) is 0 Å². The number of rotatable bonds is 11. The maximum absolute atomic E-state index is 12.1. The van der Waals surface area contributed by atoms with Crippen molar-refractivity contribution in [3.8, 4) is 35.2 Å². The van der Waals surface area contributed by atoms with Crippen molar-refractivity contribution in [3.05, 3.63) is 95.1 Å². The smallest absolute Gasteiger partial charge is 0.187 e. The zero-order valence-electron chi connectivity index (χ0n) is 59.3. The minimum absolute atomic E-state index is 0.110. The summed E-state index contributed by atoms with van der Waals surface area (Å²) >= 11 is 0. The topological polar surface area (TPSA) is 631 Å². The van der Waals surface area contributed by atoms with Gasteiger partial charge in [0.2, 0.25) is 0 Å². The standard InChI is InChI=1S/C71H94O41/c1-95-30-15-13-28(14-16-30)10-9-26-5-7-27(8-6-26)11-12-29-3-2-4-31(17-29)96-25-39-63-47(86)55(94)71(104-39)111-62-38(24-78)102-69(53(92)45(62)84)109-60-36(22-76)100-67(51(90)43(60)82)107-58-34(20-74)98-65(49(88)41(58)80)105-56-32(18-72)97-64(48(87)40(56)79)106-57-33(19-73)99-66(50(89)42(57)81)108-59-35(21-75)101-68(52(91)44(59)83)110-61-37(23-77)103-70(112-63)54(93)46(61)85/h2-8,13-17,32-94H,18-25H2,1H3/t32-,33-,34-,35-,36-,37-,38-,39-,40-,41-,42-,43-,44-,45-,46-,47-,48-,49-,50?,51-,52-,53-,54-,55-,56-,57-,58-,59-,60-,61-,62-,63-,64-,65-,66-,67-,68-,69-,70-,71-/m1/s1. The number of aliphatic hydroxyl groups excluding tert-OH is 23. The molecule has 23 N–H and O–H groups in total. The molecule has 30 aliphatic heterocycles. The maximum Gasteiger partial charge on any atom is 0.187 e. The van der Waals surface area contributed by atoms with Crippen LogP contribution in [0.15, 0.2) is 72.8 Å². The largest absolute Gasteiger partial charge is 0.497 e. The van der Waals surface area contributed by atoms with Crippen LogP contribution < -0.4 is 9.47 Å². The molecule has 0 saturated carbocycles. The number of methoxy groups -OCH3 is 1. The third kappa shape index (κ3) is 18.4. The van der Waals surface area contributed by atoms with Gasteiger partial charge in [-0.2, -0.15) is 0 Å². The summed E-state index contributed by atoms with van der Waals surface area (Å²) in [5, 5.41) is 261. The normalized spacial score (nSPS) is 45.6. The van der Waals surface area contributed by atoms with E-state index in [4.69, 9.17) is 85.3 Å². The van der Waals surface area contributed by atoms with Gasteiger partial charge in [-0.05, 0) is 66.7 Å². The summed E-state index contributed by atoms with van der Waals surface area (Å²) in [6, 6.07) is 20.6. The Morgan fingerprint density at radius 1 is 0.241 bits per heavy atom. The molecule has 3 aromatic carbocycles. The van der Waals surface area contributed by atoms with Crippen LogP contribution in [0.4, 0.5) is 0 Å². The monoisotopic (exact) mass is 1600 g/mol. The summed E-state index contributed by atoms with van der Waals surface area (Å²) in [5.74, 6) is 13.1. The van der Waals surface area contributed by atoms with Gasteiger partial charge in [-0.25, -0.2) is 0 Å². The summed E-state index contributed by atoms with van der Waals surface area (Å²) in [6.07, 6.45) is -82.9. The van der Waals surface area contributed by atoms with Crippen LogP contribution in [0.1, 0.15) is 22.3 Å². The predicted molar refractivity (Wildman–Crippen MR) is 357 cm³/mol. The van der Waals surface area contributed by atoms with E-state index in [0.717, 1.165) is 5.56 Å². The first-order valence-corrected chi connectivity index (χ1v) is 35.9. The lowest BCUT2D eigenvalue weighted by atomic mass is 9.94. The minimum atomic E-state index is -2.29. The van der Waals surface area contributed by atoms with Gasteiger partial charge in [0.1, 0.15) is 213 Å². The molecule has 16 bridgehead atoms. The molecule has 0 spiro atoms. The van der Waals surface area contributed by atoms with Crippen LogP contribution in [0.3, 0.4) is 0 Å². The lowest BCUT2D eigenvalue weighted by Gasteiger charge is -2.50. The molecular weight excluding hydrogens is 1510 g/mol. The fraction of sp³-hybridized carbons (Fsp3) is 0.690. The molecule has 30 saturated heterocycles. The lowest BCUT2D eigenvalue weighted by molar-refractivity contribution is -0.404. The molecule has 0 radical (unpaired) electrons. The highest BCUT2D eigenvalue weighted by Gasteiger charge is 2.61. The molecule has 30 fully saturated rings. The quantitative estimate of drug-likeness (QED) is 0.0793. The number of aliphatic hydroxyl groups is 23. The van der Waals surface area contributed by atoms with E-state index in [-0.39, 0.29) is 5.75 Å². The van der Waals surface area contributed by atoms with Crippen LogP contribution >= 0.6 is 0 Å². The molecule has 30 heterocycles. The van der Waals surface area contributed by atoms with Crippen molar-refractivity contribution >= 4 is 0 Å². The third-order valence-electron chi connectivity index (χ3n) is 20.6. The van der Waals surface area contributed by atoms with E-state index in [2.05, 4.69) is 23.7 Å². The number of benzene rings is 3. The van der Waals surface area contributed by atoms with Gasteiger partial charge in [0.15, 0.2) is 50.3 Å². The van der Waals surface area contributed by atoms with Crippen LogP contribution in [0, 0.1) is 23.7 Å². The van der Waals surface area contributed by atoms with Gasteiger partial charge in [-0.1, -0.05) is 29.7 Å². The molecule has 0 aliphatic carbocycles. The van der Waals surface area contributed by atoms with E-state index in [0.29, 0.717) is 22.4 Å². The molecule has 41 heteroatoms. The Balaban J connectivity index is 0.810. The van der Waals surface area contributed by atoms with Crippen LogP contribution in [0.25, 0.3) is 0 Å². The molecule has 3 aromatic rings. The second kappa shape index (κ2) is 38.0. The van der Waals surface area contributed by atoms with Crippen molar-refractivity contribution in [2.45, 2.75) is 246 Å². The van der Waals surface area contributed by atoms with E-state index in [1.54, 1.807) is 55.6 Å². The summed E-state index contributed by atoms with van der Waals surface area (Å²) in [5.41, 5.74) is 2.51. The van der Waals surface area contributed by atoms with E-state index in [1.165, 1.54) is 12.1 Å². The van der Waals surface area contributed by atoms with Gasteiger partial charge in [0.05, 0.1) is 53.4 Å². The molecule has 41 nitrogen and oxygen atoms in total. The highest BCUT2D eigenvalue weighted by atomic mass is 16.8. The first-order valence-electron chi connectivity index (χ1n) is 35.9. The highest BCUT2D eigenvalue weighted by molar-refractivity contribution is 5.49. The van der Waals surface area contributed by atoms with Gasteiger partial charge < -0.3 is 203 Å². The van der Waals surface area contributed by atoms with Crippen molar-refractivity contribution < 1.29 is 203 Å². The first kappa shape index (κ1) is 86.2. The van der Waals surface area contributed by atoms with Gasteiger partial charge in [-0.15, -0.1) is 0 Å². The summed E-state index contributed by atoms with van der Waals surface area (Å²) in [7, 11) is 1.56. The Morgan fingerprint density at radius 2 is 0.446 bits per heavy atom. The van der Waals surface area contributed by atoms with E-state index < -0.39 is 299 Å². The SMILES string of the molecule is COc1ccc(C#Cc2ccc(C#Cc3cccc(OC[C@H]4O[C@@H]5O[C@H]6[C@H](O)[C@@H](O)[C@@H](O[C@H]7[C@H](O)[C@@H](O)[C@@H](O[C@H]8[C@H](O)[C@@H](O)[C@@H](O[C@H]9[C@H](O)[C@@H](O)[C@@H](O[C@H]%10[C@H](O)C(O)[C@@H](O[C@H]%11[C@H](O)[C@@H](O)[C@@H](O[C@H]%12[C@H](O)[C@@H](O)[C@@H](O[C@H]4[C@H](O)[C@H]5O)O[C@@H]%12CO)O[C@@H]%11CO)O[C@@H]%10CO)O[C@@H]9CO)O[C@@H]8CO)O[C@@H]7CO)O[C@@H]6CO)c3)cc2)cc1. The molecule has 1 unspecified atom stereocenters. The Labute approximate surface area is 636 Å². The predicted octanol–water partition coefficient (Wildman–Crippen LogP) is -12.5. The molecule has 112 heavy (non-hydrogen) atoms. The third-order valence-corrected chi connectivity index (χ3v) is 20.6. The zero-order chi connectivity index (χ0) is 80.3. The lowest BCUT2D eigenvalue weighted by Crippen LogP contribution is -2.69. The first-order chi connectivity index (χ1) is 53.7. The van der Waals surface area contributed by atoms with Crippen molar-refractivity contribution in [2.24, 2.45) is 0 Å². The Kier molecular flexibility index (Phi) is 29.3. The van der Waals surface area contributed by atoms with E-state index >= 15 is 0 Å². The fourth-order valence-electron chi connectivity index (χ4n) is 14.3. The molecule has 624 valence electrons. The van der Waals surface area contributed by atoms with Crippen LogP contribution in [-0.4, -0.2) is 423 Å². The zero-order valence-corrected chi connectivity index (χ0v) is 59.3. The molecular formula is C71H94O41. The average molecular weight is 1600 g/mol. The van der Waals surface area contributed by atoms with Crippen molar-refractivity contribution in [3.63, 3.8) is 0 Å². The van der Waals surface area contributed by atoms with E-state index in [9.17, 15) is 117 Å². The second-order valence-electron chi connectivity index (χ2n) is 27.9. The molecule has 0 amide bonds. The van der Waals surface area contributed by atoms with Crippen molar-refractivity contribution in [1.82, 2.24) is 0 Å². The fourth-order valence-corrected chi connectivity index (χ4v) is 14.3. The second-order valence-corrected chi connectivity index (χ2v) is 27.9. The van der Waals surface area contributed by atoms with Crippen LogP contribution in [0.5, 0.6) is 11.5 Å².